The summed E-state index contributed by atoms with van der Waals surface area (Å²) in [5, 5.41) is 8.53. The SMILES string of the molecule is C=C(OCC)c1ccc(C#N)cn1. The molecule has 0 radical (unpaired) electrons. The van der Waals surface area contributed by atoms with Gasteiger partial charge in [0.25, 0.3) is 0 Å². The second-order valence-electron chi connectivity index (χ2n) is 2.40. The van der Waals surface area contributed by atoms with Gasteiger partial charge in [0.15, 0.2) is 0 Å². The van der Waals surface area contributed by atoms with Gasteiger partial charge in [0, 0.05) is 6.20 Å². The van der Waals surface area contributed by atoms with E-state index >= 15 is 0 Å². The molecule has 1 heterocycles. The molecule has 3 heteroatoms. The normalized spacial score (nSPS) is 8.92. The predicted molar refractivity (Wildman–Crippen MR) is 49.6 cm³/mol. The molecule has 1 aromatic heterocycles. The molecule has 0 aliphatic heterocycles. The van der Waals surface area contributed by atoms with Crippen molar-refractivity contribution in [2.45, 2.75) is 6.92 Å². The van der Waals surface area contributed by atoms with Crippen molar-refractivity contribution in [1.82, 2.24) is 4.98 Å². The van der Waals surface area contributed by atoms with Crippen LogP contribution in [0.5, 0.6) is 0 Å². The average molecular weight is 174 g/mol. The van der Waals surface area contributed by atoms with Crippen molar-refractivity contribution in [3.63, 3.8) is 0 Å². The van der Waals surface area contributed by atoms with E-state index in [1.54, 1.807) is 12.1 Å². The standard InChI is InChI=1S/C10H10N2O/c1-3-13-8(2)10-5-4-9(6-11)7-12-10/h4-5,7H,2-3H2,1H3. The zero-order valence-electron chi connectivity index (χ0n) is 7.45. The number of nitrogens with zero attached hydrogens (tertiary/aromatic N) is 2. The topological polar surface area (TPSA) is 45.9 Å². The second-order valence-corrected chi connectivity index (χ2v) is 2.40. The number of hydrogen-bond acceptors (Lipinski definition) is 3. The third-order valence-electron chi connectivity index (χ3n) is 1.50. The van der Waals surface area contributed by atoms with E-state index in [1.807, 2.05) is 13.0 Å². The smallest absolute Gasteiger partial charge is 0.137 e. The summed E-state index contributed by atoms with van der Waals surface area (Å²) in [6.45, 7) is 6.16. The number of pyridine rings is 1. The van der Waals surface area contributed by atoms with E-state index in [0.717, 1.165) is 0 Å². The van der Waals surface area contributed by atoms with E-state index in [-0.39, 0.29) is 0 Å². The maximum absolute atomic E-state index is 8.53. The fourth-order valence-electron chi connectivity index (χ4n) is 0.873. The van der Waals surface area contributed by atoms with Gasteiger partial charge in [-0.25, -0.2) is 0 Å². The molecular formula is C10H10N2O. The lowest BCUT2D eigenvalue weighted by atomic mass is 10.2. The summed E-state index contributed by atoms with van der Waals surface area (Å²) in [6.07, 6.45) is 1.50. The Balaban J connectivity index is 2.81. The lowest BCUT2D eigenvalue weighted by molar-refractivity contribution is 0.298. The molecule has 0 N–H and O–H groups in total. The minimum absolute atomic E-state index is 0.534. The van der Waals surface area contributed by atoms with Gasteiger partial charge in [-0.05, 0) is 19.1 Å². The largest absolute Gasteiger partial charge is 0.492 e. The van der Waals surface area contributed by atoms with Crippen LogP contribution >= 0.6 is 0 Å². The fraction of sp³-hybridized carbons (Fsp3) is 0.200. The molecule has 0 fully saturated rings. The maximum Gasteiger partial charge on any atom is 0.137 e. The lowest BCUT2D eigenvalue weighted by Gasteiger charge is -2.04. The predicted octanol–water partition coefficient (Wildman–Crippen LogP) is 1.96. The van der Waals surface area contributed by atoms with E-state index in [4.69, 9.17) is 10.00 Å². The van der Waals surface area contributed by atoms with Crippen LogP contribution in [0.3, 0.4) is 0 Å². The second kappa shape index (κ2) is 4.27. The summed E-state index contributed by atoms with van der Waals surface area (Å²) in [5.74, 6) is 0.534. The molecule has 1 rings (SSSR count). The van der Waals surface area contributed by atoms with Gasteiger partial charge in [-0.2, -0.15) is 5.26 Å². The molecule has 0 unspecified atom stereocenters. The Hall–Kier alpha value is -1.82. The van der Waals surface area contributed by atoms with Crippen LogP contribution in [-0.2, 0) is 4.74 Å². The molecule has 3 nitrogen and oxygen atoms in total. The number of aromatic nitrogens is 1. The minimum Gasteiger partial charge on any atom is -0.492 e. The summed E-state index contributed by atoms with van der Waals surface area (Å²) < 4.78 is 5.16. The molecule has 0 aliphatic carbocycles. The van der Waals surface area contributed by atoms with Gasteiger partial charge >= 0.3 is 0 Å². The fourth-order valence-corrected chi connectivity index (χ4v) is 0.873. The zero-order chi connectivity index (χ0) is 9.68. The van der Waals surface area contributed by atoms with Gasteiger partial charge in [-0.3, -0.25) is 4.98 Å². The Bertz CT molecular complexity index is 335. The van der Waals surface area contributed by atoms with Gasteiger partial charge in [-0.15, -0.1) is 0 Å². The Morgan fingerprint density at radius 1 is 1.69 bits per heavy atom. The van der Waals surface area contributed by atoms with Gasteiger partial charge in [0.05, 0.1) is 12.2 Å². The van der Waals surface area contributed by atoms with E-state index in [1.165, 1.54) is 6.20 Å². The van der Waals surface area contributed by atoms with Crippen LogP contribution in [0.2, 0.25) is 0 Å². The van der Waals surface area contributed by atoms with Crippen molar-refractivity contribution in [1.29, 1.82) is 5.26 Å². The molecule has 0 aliphatic rings. The molecule has 0 amide bonds. The number of rotatable bonds is 3. The van der Waals surface area contributed by atoms with Crippen molar-refractivity contribution < 1.29 is 4.74 Å². The van der Waals surface area contributed by atoms with E-state index in [9.17, 15) is 0 Å². The van der Waals surface area contributed by atoms with Gasteiger partial charge in [-0.1, -0.05) is 6.58 Å². The van der Waals surface area contributed by atoms with Crippen molar-refractivity contribution in [3.05, 3.63) is 36.2 Å². The van der Waals surface area contributed by atoms with Crippen LogP contribution in [0.1, 0.15) is 18.2 Å². The van der Waals surface area contributed by atoms with Crippen LogP contribution in [-0.4, -0.2) is 11.6 Å². The summed E-state index contributed by atoms with van der Waals surface area (Å²) in [6, 6.07) is 5.40. The van der Waals surface area contributed by atoms with Crippen LogP contribution < -0.4 is 0 Å². The quantitative estimate of drug-likeness (QED) is 0.658. The molecule has 66 valence electrons. The molecule has 0 saturated carbocycles. The molecule has 0 aromatic carbocycles. The van der Waals surface area contributed by atoms with Crippen molar-refractivity contribution >= 4 is 5.76 Å². The van der Waals surface area contributed by atoms with Crippen LogP contribution in [0, 0.1) is 11.3 Å². The molecule has 0 saturated heterocycles. The first-order chi connectivity index (χ1) is 6.27. The number of nitriles is 1. The van der Waals surface area contributed by atoms with Crippen LogP contribution in [0.15, 0.2) is 24.9 Å². The first-order valence-electron chi connectivity index (χ1n) is 3.96. The van der Waals surface area contributed by atoms with E-state index in [0.29, 0.717) is 23.6 Å². The molecular weight excluding hydrogens is 164 g/mol. The highest BCUT2D eigenvalue weighted by Gasteiger charge is 1.99. The number of hydrogen-bond donors (Lipinski definition) is 0. The summed E-state index contributed by atoms with van der Waals surface area (Å²) in [5.41, 5.74) is 1.20. The molecule has 0 atom stereocenters. The highest BCUT2D eigenvalue weighted by Crippen LogP contribution is 2.10. The first-order valence-corrected chi connectivity index (χ1v) is 3.96. The van der Waals surface area contributed by atoms with Crippen molar-refractivity contribution in [2.24, 2.45) is 0 Å². The monoisotopic (exact) mass is 174 g/mol. The Kier molecular flexibility index (Phi) is 3.04. The third-order valence-corrected chi connectivity index (χ3v) is 1.50. The molecule has 0 spiro atoms. The Morgan fingerprint density at radius 3 is 2.92 bits per heavy atom. The van der Waals surface area contributed by atoms with E-state index in [2.05, 4.69) is 11.6 Å². The van der Waals surface area contributed by atoms with Gasteiger partial charge < -0.3 is 4.74 Å². The van der Waals surface area contributed by atoms with Crippen molar-refractivity contribution in [3.8, 4) is 6.07 Å². The third kappa shape index (κ3) is 2.31. The van der Waals surface area contributed by atoms with Gasteiger partial charge in [0.2, 0.25) is 0 Å². The molecule has 1 aromatic rings. The lowest BCUT2D eigenvalue weighted by Crippen LogP contribution is -1.93. The maximum atomic E-state index is 8.53. The van der Waals surface area contributed by atoms with Crippen molar-refractivity contribution in [2.75, 3.05) is 6.61 Å². The highest BCUT2D eigenvalue weighted by atomic mass is 16.5. The van der Waals surface area contributed by atoms with E-state index < -0.39 is 0 Å². The van der Waals surface area contributed by atoms with Crippen LogP contribution in [0.4, 0.5) is 0 Å². The van der Waals surface area contributed by atoms with Crippen LogP contribution in [0.25, 0.3) is 5.76 Å². The highest BCUT2D eigenvalue weighted by molar-refractivity contribution is 5.53. The zero-order valence-corrected chi connectivity index (χ0v) is 7.45. The molecule has 13 heavy (non-hydrogen) atoms. The minimum atomic E-state index is 0.534. The molecule has 0 bridgehead atoms. The number of ether oxygens (including phenoxy) is 1. The summed E-state index contributed by atoms with van der Waals surface area (Å²) in [7, 11) is 0. The Morgan fingerprint density at radius 2 is 2.46 bits per heavy atom. The Labute approximate surface area is 77.3 Å². The summed E-state index contributed by atoms with van der Waals surface area (Å²) in [4.78, 5) is 4.02. The van der Waals surface area contributed by atoms with Gasteiger partial charge in [0.1, 0.15) is 17.5 Å². The summed E-state index contributed by atoms with van der Waals surface area (Å²) >= 11 is 0. The first kappa shape index (κ1) is 9.27. The average Bonchev–Trinajstić information content (AvgIpc) is 2.18.